The van der Waals surface area contributed by atoms with Crippen molar-refractivity contribution >= 4 is 53.5 Å². The average Bonchev–Trinajstić information content (AvgIpc) is 3.77. The van der Waals surface area contributed by atoms with Crippen LogP contribution in [0.2, 0.25) is 10.0 Å². The molecular weight excluding hydrogens is 579 g/mol. The van der Waals surface area contributed by atoms with E-state index >= 15 is 0 Å². The lowest BCUT2D eigenvalue weighted by atomic mass is 9.98. The van der Waals surface area contributed by atoms with E-state index in [0.29, 0.717) is 19.4 Å². The Labute approximate surface area is 236 Å². The molecule has 39 heavy (non-hydrogen) atoms. The Bertz CT molecular complexity index is 1330. The van der Waals surface area contributed by atoms with Crippen LogP contribution in [0.1, 0.15) is 43.4 Å². The molecular formula is C26H24Cl2F4N4O2S. The molecule has 2 amide bonds. The van der Waals surface area contributed by atoms with Gasteiger partial charge in [0.05, 0.1) is 38.8 Å². The number of pyridine rings is 1. The second kappa shape index (κ2) is 10.2. The zero-order chi connectivity index (χ0) is 28.2. The number of nitrogens with one attached hydrogen (secondary N) is 1. The van der Waals surface area contributed by atoms with E-state index < -0.39 is 45.7 Å². The molecule has 0 bridgehead atoms. The third kappa shape index (κ3) is 5.63. The van der Waals surface area contributed by atoms with Gasteiger partial charge in [-0.05, 0) is 63.1 Å². The first-order valence-electron chi connectivity index (χ1n) is 12.3. The van der Waals surface area contributed by atoms with Gasteiger partial charge in [-0.2, -0.15) is 13.2 Å². The molecule has 1 N–H and O–H groups in total. The molecule has 5 rings (SSSR count). The number of aliphatic imine (C=N–C) groups is 1. The van der Waals surface area contributed by atoms with Crippen LogP contribution >= 0.6 is 35.0 Å². The van der Waals surface area contributed by atoms with Gasteiger partial charge in [0.15, 0.2) is 0 Å². The summed E-state index contributed by atoms with van der Waals surface area (Å²) in [4.78, 5) is 37.0. The predicted octanol–water partition coefficient (Wildman–Crippen LogP) is 5.69. The van der Waals surface area contributed by atoms with Crippen LogP contribution in [0, 0.1) is 5.82 Å². The van der Waals surface area contributed by atoms with Gasteiger partial charge in [0, 0.05) is 22.9 Å². The quantitative estimate of drug-likeness (QED) is 0.311. The molecule has 3 fully saturated rings. The largest absolute Gasteiger partial charge is 0.416 e. The number of nitrogens with zero attached hydrogens (tertiary/aromatic N) is 3. The first-order chi connectivity index (χ1) is 18.4. The minimum atomic E-state index is -4.55. The van der Waals surface area contributed by atoms with Crippen LogP contribution in [0.25, 0.3) is 0 Å². The first kappa shape index (κ1) is 28.2. The fourth-order valence-electron chi connectivity index (χ4n) is 5.06. The van der Waals surface area contributed by atoms with E-state index in [1.807, 2.05) is 0 Å². The van der Waals surface area contributed by atoms with Gasteiger partial charge in [-0.15, -0.1) is 11.8 Å². The molecule has 2 unspecified atom stereocenters. The van der Waals surface area contributed by atoms with E-state index in [1.54, 1.807) is 0 Å². The number of amides is 2. The van der Waals surface area contributed by atoms with Gasteiger partial charge in [0.25, 0.3) is 0 Å². The molecule has 2 aromatic rings. The highest BCUT2D eigenvalue weighted by Gasteiger charge is 2.59. The zero-order valence-corrected chi connectivity index (χ0v) is 22.9. The molecule has 13 heteroatoms. The van der Waals surface area contributed by atoms with E-state index in [1.165, 1.54) is 17.2 Å². The number of alkyl halides is 3. The van der Waals surface area contributed by atoms with Crippen molar-refractivity contribution in [1.82, 2.24) is 15.2 Å². The lowest BCUT2D eigenvalue weighted by molar-refractivity contribution is -0.140. The average molecular weight is 603 g/mol. The number of halogens is 6. The van der Waals surface area contributed by atoms with E-state index in [9.17, 15) is 27.2 Å². The van der Waals surface area contributed by atoms with Crippen LogP contribution in [0.4, 0.5) is 17.6 Å². The van der Waals surface area contributed by atoms with Crippen molar-refractivity contribution in [3.8, 4) is 0 Å². The van der Waals surface area contributed by atoms with E-state index in [2.05, 4.69) is 22.0 Å². The highest BCUT2D eigenvalue weighted by molar-refractivity contribution is 8.00. The summed E-state index contributed by atoms with van der Waals surface area (Å²) < 4.78 is 54.8. The van der Waals surface area contributed by atoms with Crippen LogP contribution < -0.4 is 5.32 Å². The summed E-state index contributed by atoms with van der Waals surface area (Å²) in [5, 5.41) is 2.79. The summed E-state index contributed by atoms with van der Waals surface area (Å²) in [5.41, 5.74) is -2.60. The Kier molecular flexibility index (Phi) is 7.39. The standard InChI is InChI=1S/C26H24Cl2F4N4O2S/c1-33-13-24(4-5-24)35-22(37)19-10-16(39-20-8-14(26(30,31)32)2-3-17(20)28)12-36(19)23(38)25(6-7-25)21-18(29)9-15(27)11-34-21/h2-3,8-9,11,16,19H,1,4-7,10,12-13H2,(H,35,37). The molecule has 1 aliphatic heterocycles. The maximum absolute atomic E-state index is 14.8. The summed E-state index contributed by atoms with van der Waals surface area (Å²) >= 11 is 13.2. The minimum absolute atomic E-state index is 0.0254. The monoisotopic (exact) mass is 602 g/mol. The lowest BCUT2D eigenvalue weighted by Crippen LogP contribution is -2.52. The van der Waals surface area contributed by atoms with Crippen LogP contribution in [0.3, 0.4) is 0 Å². The van der Waals surface area contributed by atoms with Crippen molar-refractivity contribution < 1.29 is 27.2 Å². The highest BCUT2D eigenvalue weighted by Crippen LogP contribution is 2.51. The topological polar surface area (TPSA) is 74.7 Å². The molecule has 2 aliphatic carbocycles. The summed E-state index contributed by atoms with van der Waals surface area (Å²) in [7, 11) is 0. The normalized spacial score (nSPS) is 22.9. The third-order valence-electron chi connectivity index (χ3n) is 7.46. The zero-order valence-electron chi connectivity index (χ0n) is 20.5. The van der Waals surface area contributed by atoms with E-state index in [-0.39, 0.29) is 39.5 Å². The molecule has 208 valence electrons. The van der Waals surface area contributed by atoms with Crippen LogP contribution in [-0.4, -0.2) is 58.3 Å². The Morgan fingerprint density at radius 3 is 2.51 bits per heavy atom. The number of carbonyl (C=O) groups is 2. The van der Waals surface area contributed by atoms with Crippen molar-refractivity contribution in [2.75, 3.05) is 13.1 Å². The molecule has 0 radical (unpaired) electrons. The second-order valence-electron chi connectivity index (χ2n) is 10.3. The fourth-order valence-corrected chi connectivity index (χ4v) is 6.70. The number of hydrogen-bond donors (Lipinski definition) is 1. The third-order valence-corrected chi connectivity index (χ3v) is 9.37. The molecule has 0 spiro atoms. The van der Waals surface area contributed by atoms with Crippen molar-refractivity contribution in [1.29, 1.82) is 0 Å². The predicted molar refractivity (Wildman–Crippen MR) is 141 cm³/mol. The van der Waals surface area contributed by atoms with Gasteiger partial charge < -0.3 is 10.2 Å². The Balaban J connectivity index is 1.43. The van der Waals surface area contributed by atoms with Gasteiger partial charge >= 0.3 is 6.18 Å². The SMILES string of the molecule is C=NCC1(NC(=O)C2CC(Sc3cc(C(F)(F)F)ccc3Cl)CN2C(=O)C2(c3ncc(Cl)cc3F)CC2)CC1. The Morgan fingerprint density at radius 1 is 1.21 bits per heavy atom. The number of hydrogen-bond acceptors (Lipinski definition) is 5. The first-order valence-corrected chi connectivity index (χ1v) is 13.9. The molecule has 3 aliphatic rings. The number of benzene rings is 1. The fraction of sp³-hybridized carbons (Fsp3) is 0.462. The van der Waals surface area contributed by atoms with Gasteiger partial charge in [-0.3, -0.25) is 19.6 Å². The van der Waals surface area contributed by atoms with Gasteiger partial charge in [-0.1, -0.05) is 23.2 Å². The Morgan fingerprint density at radius 2 is 1.92 bits per heavy atom. The number of thioether (sulfide) groups is 1. The van der Waals surface area contributed by atoms with Gasteiger partial charge in [0.1, 0.15) is 11.9 Å². The smallest absolute Gasteiger partial charge is 0.347 e. The summed E-state index contributed by atoms with van der Waals surface area (Å²) in [6.45, 7) is 3.90. The maximum Gasteiger partial charge on any atom is 0.416 e. The molecule has 1 aromatic carbocycles. The van der Waals surface area contributed by atoms with Crippen molar-refractivity contribution in [3.05, 3.63) is 57.6 Å². The highest BCUT2D eigenvalue weighted by atomic mass is 35.5. The number of aromatic nitrogens is 1. The van der Waals surface area contributed by atoms with Crippen molar-refractivity contribution in [3.63, 3.8) is 0 Å². The van der Waals surface area contributed by atoms with Gasteiger partial charge in [-0.25, -0.2) is 4.39 Å². The van der Waals surface area contributed by atoms with E-state index in [4.69, 9.17) is 23.2 Å². The van der Waals surface area contributed by atoms with Crippen LogP contribution in [-0.2, 0) is 21.2 Å². The van der Waals surface area contributed by atoms with Gasteiger partial charge in [0.2, 0.25) is 11.8 Å². The summed E-state index contributed by atoms with van der Waals surface area (Å²) in [6.07, 6.45) is -0.950. The molecule has 2 atom stereocenters. The molecule has 2 heterocycles. The summed E-state index contributed by atoms with van der Waals surface area (Å²) in [5.74, 6) is -1.53. The molecule has 6 nitrogen and oxygen atoms in total. The van der Waals surface area contributed by atoms with Crippen molar-refractivity contribution in [2.24, 2.45) is 4.99 Å². The van der Waals surface area contributed by atoms with Crippen LogP contribution in [0.15, 0.2) is 40.4 Å². The molecule has 2 saturated carbocycles. The molecule has 1 saturated heterocycles. The van der Waals surface area contributed by atoms with Crippen molar-refractivity contribution in [2.45, 2.75) is 65.4 Å². The Hall–Kier alpha value is -2.37. The molecule has 1 aromatic heterocycles. The maximum atomic E-state index is 14.8. The summed E-state index contributed by atoms with van der Waals surface area (Å²) in [6, 6.07) is 3.24. The number of likely N-dealkylation sites (tertiary alicyclic amines) is 1. The van der Waals surface area contributed by atoms with Crippen LogP contribution in [0.5, 0.6) is 0 Å². The number of carbonyl (C=O) groups excluding carboxylic acids is 2. The minimum Gasteiger partial charge on any atom is -0.347 e. The number of rotatable bonds is 8. The lowest BCUT2D eigenvalue weighted by Gasteiger charge is -2.29. The second-order valence-corrected chi connectivity index (χ2v) is 12.5. The van der Waals surface area contributed by atoms with E-state index in [0.717, 1.165) is 42.8 Å².